The van der Waals surface area contributed by atoms with E-state index in [1.807, 2.05) is 4.90 Å². The molecule has 102 valence electrons. The minimum Gasteiger partial charge on any atom is -0.369 e. The van der Waals surface area contributed by atoms with Crippen LogP contribution in [0.25, 0.3) is 0 Å². The van der Waals surface area contributed by atoms with E-state index >= 15 is 0 Å². The fourth-order valence-corrected chi connectivity index (χ4v) is 2.16. The average Bonchev–Trinajstić information content (AvgIpc) is 2.49. The highest BCUT2D eigenvalue weighted by Gasteiger charge is 2.14. The second-order valence-corrected chi connectivity index (χ2v) is 4.51. The van der Waals surface area contributed by atoms with Crippen molar-refractivity contribution in [3.63, 3.8) is 0 Å². The van der Waals surface area contributed by atoms with Crippen LogP contribution in [0.3, 0.4) is 0 Å². The molecule has 0 saturated carbocycles. The Morgan fingerprint density at radius 3 is 2.50 bits per heavy atom. The molecule has 1 saturated heterocycles. The van der Waals surface area contributed by atoms with E-state index < -0.39 is 0 Å². The van der Waals surface area contributed by atoms with Gasteiger partial charge in [0.1, 0.15) is 18.0 Å². The van der Waals surface area contributed by atoms with Gasteiger partial charge in [-0.25, -0.2) is 4.39 Å². The van der Waals surface area contributed by atoms with Crippen molar-refractivity contribution in [3.8, 4) is 12.1 Å². The Bertz CT molecular complexity index is 575. The lowest BCUT2D eigenvalue weighted by Gasteiger charge is -2.29. The van der Waals surface area contributed by atoms with Crippen LogP contribution in [0.1, 0.15) is 19.3 Å². The maximum atomic E-state index is 14.1. The summed E-state index contributed by atoms with van der Waals surface area (Å²) >= 11 is 0. The van der Waals surface area contributed by atoms with E-state index in [0.717, 1.165) is 25.9 Å². The van der Waals surface area contributed by atoms with E-state index in [4.69, 9.17) is 10.5 Å². The van der Waals surface area contributed by atoms with Crippen LogP contribution < -0.4 is 10.3 Å². The second kappa shape index (κ2) is 6.53. The topological polar surface area (TPSA) is 75.2 Å². The predicted octanol–water partition coefficient (Wildman–Crippen LogP) is 2.63. The van der Waals surface area contributed by atoms with Gasteiger partial charge in [-0.2, -0.15) is 15.6 Å². The number of piperidine rings is 1. The van der Waals surface area contributed by atoms with Crippen LogP contribution in [0.5, 0.6) is 0 Å². The van der Waals surface area contributed by atoms with Crippen LogP contribution in [-0.4, -0.2) is 18.8 Å². The monoisotopic (exact) mass is 271 g/mol. The van der Waals surface area contributed by atoms with Crippen LogP contribution in [-0.2, 0) is 0 Å². The number of nitriles is 2. The summed E-state index contributed by atoms with van der Waals surface area (Å²) in [7, 11) is 0. The lowest BCUT2D eigenvalue weighted by Crippen LogP contribution is -2.30. The number of nitrogens with one attached hydrogen (secondary N) is 1. The number of halogens is 1. The molecule has 5 nitrogen and oxygen atoms in total. The Morgan fingerprint density at radius 1 is 1.20 bits per heavy atom. The van der Waals surface area contributed by atoms with Crippen molar-refractivity contribution in [1.82, 2.24) is 0 Å². The second-order valence-electron chi connectivity index (χ2n) is 4.51. The van der Waals surface area contributed by atoms with Gasteiger partial charge in [-0.1, -0.05) is 0 Å². The molecule has 1 N–H and O–H groups in total. The number of hydrazone groups is 1. The Morgan fingerprint density at radius 2 is 1.90 bits per heavy atom. The summed E-state index contributed by atoms with van der Waals surface area (Å²) in [5.41, 5.74) is 3.19. The van der Waals surface area contributed by atoms with Crippen LogP contribution in [0.15, 0.2) is 23.3 Å². The molecular formula is C14H14FN5. The fraction of sp³-hybridized carbons (Fsp3) is 0.357. The van der Waals surface area contributed by atoms with E-state index in [1.165, 1.54) is 12.5 Å². The summed E-state index contributed by atoms with van der Waals surface area (Å²) in [6, 6.07) is 7.94. The van der Waals surface area contributed by atoms with E-state index in [0.29, 0.717) is 11.4 Å². The molecule has 0 aromatic heterocycles. The molecule has 1 aliphatic rings. The highest BCUT2D eigenvalue weighted by Crippen LogP contribution is 2.25. The fourth-order valence-electron chi connectivity index (χ4n) is 2.16. The number of rotatable bonds is 3. The summed E-state index contributed by atoms with van der Waals surface area (Å²) in [5, 5.41) is 20.7. The molecule has 0 radical (unpaired) electrons. The first-order valence-corrected chi connectivity index (χ1v) is 6.43. The zero-order valence-electron chi connectivity index (χ0n) is 10.9. The smallest absolute Gasteiger partial charge is 0.237 e. The highest BCUT2D eigenvalue weighted by atomic mass is 19.1. The SMILES string of the molecule is N#CC(C#N)=NNc1ccc(N2CCCCC2)c(F)c1. The largest absolute Gasteiger partial charge is 0.369 e. The molecule has 0 atom stereocenters. The Labute approximate surface area is 116 Å². The minimum atomic E-state index is -0.331. The average molecular weight is 271 g/mol. The zero-order chi connectivity index (χ0) is 14.4. The third kappa shape index (κ3) is 3.24. The highest BCUT2D eigenvalue weighted by molar-refractivity contribution is 6.10. The van der Waals surface area contributed by atoms with E-state index in [-0.39, 0.29) is 11.5 Å². The number of anilines is 2. The first kappa shape index (κ1) is 13.8. The van der Waals surface area contributed by atoms with Gasteiger partial charge in [0.15, 0.2) is 0 Å². The molecule has 1 aromatic carbocycles. The maximum absolute atomic E-state index is 14.1. The normalized spacial score (nSPS) is 14.1. The Balaban J connectivity index is 2.12. The van der Waals surface area contributed by atoms with Gasteiger partial charge in [-0.3, -0.25) is 5.43 Å². The van der Waals surface area contributed by atoms with Crippen molar-refractivity contribution in [2.75, 3.05) is 23.4 Å². The van der Waals surface area contributed by atoms with Crippen molar-refractivity contribution >= 4 is 17.1 Å². The van der Waals surface area contributed by atoms with E-state index in [9.17, 15) is 4.39 Å². The summed E-state index contributed by atoms with van der Waals surface area (Å²) in [4.78, 5) is 2.03. The van der Waals surface area contributed by atoms with Gasteiger partial charge in [-0.15, -0.1) is 0 Å². The lowest BCUT2D eigenvalue weighted by molar-refractivity contribution is 0.557. The van der Waals surface area contributed by atoms with Crippen LogP contribution in [0.2, 0.25) is 0 Å². The molecule has 0 amide bonds. The third-order valence-electron chi connectivity index (χ3n) is 3.15. The first-order chi connectivity index (χ1) is 9.74. The third-order valence-corrected chi connectivity index (χ3v) is 3.15. The number of hydrogen-bond donors (Lipinski definition) is 1. The molecule has 0 aliphatic carbocycles. The Hall–Kier alpha value is -2.60. The quantitative estimate of drug-likeness (QED) is 0.677. The van der Waals surface area contributed by atoms with Gasteiger partial charge in [0.25, 0.3) is 0 Å². The van der Waals surface area contributed by atoms with Gasteiger partial charge in [0.05, 0.1) is 11.4 Å². The van der Waals surface area contributed by atoms with Crippen LogP contribution in [0.4, 0.5) is 15.8 Å². The van der Waals surface area contributed by atoms with Crippen molar-refractivity contribution in [2.24, 2.45) is 5.10 Å². The Kier molecular flexibility index (Phi) is 4.52. The van der Waals surface area contributed by atoms with Gasteiger partial charge >= 0.3 is 0 Å². The predicted molar refractivity (Wildman–Crippen MR) is 74.7 cm³/mol. The lowest BCUT2D eigenvalue weighted by atomic mass is 10.1. The molecule has 1 fully saturated rings. The van der Waals surface area contributed by atoms with Crippen LogP contribution >= 0.6 is 0 Å². The number of hydrogen-bond acceptors (Lipinski definition) is 5. The van der Waals surface area contributed by atoms with E-state index in [2.05, 4.69) is 10.5 Å². The van der Waals surface area contributed by atoms with E-state index in [1.54, 1.807) is 24.3 Å². The summed E-state index contributed by atoms with van der Waals surface area (Å²) in [5.74, 6) is -0.331. The molecule has 1 aliphatic heterocycles. The van der Waals surface area contributed by atoms with Gasteiger partial charge < -0.3 is 4.90 Å². The van der Waals surface area contributed by atoms with Crippen molar-refractivity contribution in [3.05, 3.63) is 24.0 Å². The molecule has 1 aromatic rings. The summed E-state index contributed by atoms with van der Waals surface area (Å²) < 4.78 is 14.1. The molecule has 6 heteroatoms. The van der Waals surface area contributed by atoms with Crippen molar-refractivity contribution in [1.29, 1.82) is 10.5 Å². The molecule has 0 bridgehead atoms. The van der Waals surface area contributed by atoms with Crippen molar-refractivity contribution < 1.29 is 4.39 Å². The maximum Gasteiger partial charge on any atom is 0.237 e. The first-order valence-electron chi connectivity index (χ1n) is 6.43. The van der Waals surface area contributed by atoms with Crippen LogP contribution in [0, 0.1) is 28.5 Å². The number of benzene rings is 1. The summed E-state index contributed by atoms with van der Waals surface area (Å²) in [6.45, 7) is 1.74. The molecule has 0 unspecified atom stereocenters. The molecular weight excluding hydrogens is 257 g/mol. The van der Waals surface area contributed by atoms with Gasteiger partial charge in [0.2, 0.25) is 5.71 Å². The van der Waals surface area contributed by atoms with Gasteiger partial charge in [-0.05, 0) is 31.4 Å². The molecule has 0 spiro atoms. The summed E-state index contributed by atoms with van der Waals surface area (Å²) in [6.07, 6.45) is 3.35. The molecule has 1 heterocycles. The van der Waals surface area contributed by atoms with Crippen molar-refractivity contribution in [2.45, 2.75) is 19.3 Å². The molecule has 2 rings (SSSR count). The standard InChI is InChI=1S/C14H14FN5/c15-13-8-11(18-19-12(9-16)10-17)4-5-14(13)20-6-2-1-3-7-20/h4-5,8,18H,1-3,6-7H2. The number of nitrogens with zero attached hydrogens (tertiary/aromatic N) is 4. The van der Waals surface area contributed by atoms with Gasteiger partial charge in [0, 0.05) is 19.2 Å². The zero-order valence-corrected chi connectivity index (χ0v) is 10.9. The minimum absolute atomic E-state index is 0.300. The molecule has 20 heavy (non-hydrogen) atoms.